The number of nitrogens with zero attached hydrogens (tertiary/aromatic N) is 1. The Labute approximate surface area is 98.8 Å². The number of carbonyl (C=O) groups excluding carboxylic acids is 1. The molecule has 2 atom stereocenters. The second-order valence-electron chi connectivity index (χ2n) is 5.11. The van der Waals surface area contributed by atoms with E-state index in [-0.39, 0.29) is 11.8 Å². The Morgan fingerprint density at radius 3 is 2.69 bits per heavy atom. The minimum Gasteiger partial charge on any atom is -0.355 e. The molecule has 0 radical (unpaired) electrons. The van der Waals surface area contributed by atoms with E-state index < -0.39 is 0 Å². The van der Waals surface area contributed by atoms with Gasteiger partial charge in [0.05, 0.1) is 5.92 Å². The van der Waals surface area contributed by atoms with Gasteiger partial charge in [0.2, 0.25) is 5.91 Å². The number of likely N-dealkylation sites (N-methyl/N-ethyl adjacent to an activating group) is 1. The Morgan fingerprint density at radius 1 is 1.50 bits per heavy atom. The predicted molar refractivity (Wildman–Crippen MR) is 66.3 cm³/mol. The van der Waals surface area contributed by atoms with E-state index in [2.05, 4.69) is 43.4 Å². The third kappa shape index (κ3) is 3.76. The highest BCUT2D eigenvalue weighted by molar-refractivity contribution is 5.79. The Kier molecular flexibility index (Phi) is 5.22. The molecule has 0 aliphatic carbocycles. The molecule has 1 saturated heterocycles. The van der Waals surface area contributed by atoms with Crippen molar-refractivity contribution in [2.45, 2.75) is 26.8 Å². The topological polar surface area (TPSA) is 44.4 Å². The fourth-order valence-electron chi connectivity index (χ4n) is 1.91. The molecule has 0 aromatic rings. The Balaban J connectivity index is 2.20. The van der Waals surface area contributed by atoms with Crippen molar-refractivity contribution in [1.29, 1.82) is 0 Å². The van der Waals surface area contributed by atoms with E-state index in [0.29, 0.717) is 12.0 Å². The summed E-state index contributed by atoms with van der Waals surface area (Å²) < 4.78 is 0. The van der Waals surface area contributed by atoms with Gasteiger partial charge in [-0.3, -0.25) is 4.79 Å². The molecule has 0 aromatic heterocycles. The second kappa shape index (κ2) is 6.21. The molecule has 1 heterocycles. The van der Waals surface area contributed by atoms with Gasteiger partial charge < -0.3 is 15.5 Å². The lowest BCUT2D eigenvalue weighted by molar-refractivity contribution is -0.125. The second-order valence-corrected chi connectivity index (χ2v) is 5.11. The maximum absolute atomic E-state index is 11.8. The van der Waals surface area contributed by atoms with Gasteiger partial charge in [0.15, 0.2) is 0 Å². The maximum Gasteiger partial charge on any atom is 0.224 e. The van der Waals surface area contributed by atoms with Crippen LogP contribution in [0, 0.1) is 11.8 Å². The standard InChI is InChI=1S/C12H25N3O/c1-9(2)15(4)6-5-14-12(16)11-8-13-7-10(11)3/h9-11,13H,5-8H2,1-4H3,(H,14,16)/t10-,11-/m1/s1. The number of rotatable bonds is 5. The van der Waals surface area contributed by atoms with Crippen LogP contribution in [0.15, 0.2) is 0 Å². The summed E-state index contributed by atoms with van der Waals surface area (Å²) in [4.78, 5) is 14.1. The lowest BCUT2D eigenvalue weighted by atomic mass is 9.97. The van der Waals surface area contributed by atoms with E-state index in [0.717, 1.165) is 26.2 Å². The van der Waals surface area contributed by atoms with E-state index >= 15 is 0 Å². The highest BCUT2D eigenvalue weighted by Gasteiger charge is 2.29. The fraction of sp³-hybridized carbons (Fsp3) is 0.917. The zero-order valence-electron chi connectivity index (χ0n) is 10.9. The fourth-order valence-corrected chi connectivity index (χ4v) is 1.91. The monoisotopic (exact) mass is 227 g/mol. The molecule has 1 rings (SSSR count). The van der Waals surface area contributed by atoms with E-state index in [1.807, 2.05) is 0 Å². The van der Waals surface area contributed by atoms with Gasteiger partial charge in [-0.05, 0) is 33.4 Å². The minimum atomic E-state index is 0.157. The van der Waals surface area contributed by atoms with Gasteiger partial charge in [-0.2, -0.15) is 0 Å². The van der Waals surface area contributed by atoms with Crippen molar-refractivity contribution in [3.8, 4) is 0 Å². The molecular formula is C12H25N3O. The average Bonchev–Trinajstić information content (AvgIpc) is 2.64. The van der Waals surface area contributed by atoms with Gasteiger partial charge in [0.25, 0.3) is 0 Å². The van der Waals surface area contributed by atoms with E-state index in [9.17, 15) is 4.79 Å². The van der Waals surface area contributed by atoms with Crippen LogP contribution in [0.3, 0.4) is 0 Å². The quantitative estimate of drug-likeness (QED) is 0.710. The molecule has 1 aliphatic heterocycles. The number of amides is 1. The van der Waals surface area contributed by atoms with Crippen molar-refractivity contribution in [2.24, 2.45) is 11.8 Å². The first-order chi connectivity index (χ1) is 7.52. The molecule has 1 amide bonds. The van der Waals surface area contributed by atoms with Crippen molar-refractivity contribution in [3.63, 3.8) is 0 Å². The molecule has 0 aromatic carbocycles. The molecule has 94 valence electrons. The van der Waals surface area contributed by atoms with Crippen LogP contribution >= 0.6 is 0 Å². The van der Waals surface area contributed by atoms with Crippen LogP contribution in [0.2, 0.25) is 0 Å². The molecule has 0 spiro atoms. The summed E-state index contributed by atoms with van der Waals surface area (Å²) in [5.41, 5.74) is 0. The van der Waals surface area contributed by atoms with Crippen LogP contribution in [0.1, 0.15) is 20.8 Å². The van der Waals surface area contributed by atoms with Gasteiger partial charge in [0, 0.05) is 25.7 Å². The number of hydrogen-bond acceptors (Lipinski definition) is 3. The molecule has 0 bridgehead atoms. The molecule has 0 saturated carbocycles. The zero-order chi connectivity index (χ0) is 12.1. The normalized spacial score (nSPS) is 25.4. The largest absolute Gasteiger partial charge is 0.355 e. The first kappa shape index (κ1) is 13.5. The molecule has 1 aliphatic rings. The summed E-state index contributed by atoms with van der Waals surface area (Å²) in [7, 11) is 2.08. The van der Waals surface area contributed by atoms with Crippen LogP contribution < -0.4 is 10.6 Å². The number of nitrogens with one attached hydrogen (secondary N) is 2. The Morgan fingerprint density at radius 2 is 2.19 bits per heavy atom. The molecule has 2 N–H and O–H groups in total. The Bertz CT molecular complexity index is 230. The van der Waals surface area contributed by atoms with Crippen molar-refractivity contribution in [1.82, 2.24) is 15.5 Å². The highest BCUT2D eigenvalue weighted by Crippen LogP contribution is 2.15. The van der Waals surface area contributed by atoms with Crippen LogP contribution in [-0.4, -0.2) is 50.1 Å². The lowest BCUT2D eigenvalue weighted by Gasteiger charge is -2.22. The summed E-state index contributed by atoms with van der Waals surface area (Å²) >= 11 is 0. The van der Waals surface area contributed by atoms with E-state index in [4.69, 9.17) is 0 Å². The summed E-state index contributed by atoms with van der Waals surface area (Å²) in [5, 5.41) is 6.27. The van der Waals surface area contributed by atoms with Gasteiger partial charge in [-0.15, -0.1) is 0 Å². The molecule has 1 fully saturated rings. The molecule has 4 nitrogen and oxygen atoms in total. The van der Waals surface area contributed by atoms with E-state index in [1.165, 1.54) is 0 Å². The van der Waals surface area contributed by atoms with E-state index in [1.54, 1.807) is 0 Å². The van der Waals surface area contributed by atoms with Crippen molar-refractivity contribution in [3.05, 3.63) is 0 Å². The molecule has 4 heteroatoms. The minimum absolute atomic E-state index is 0.157. The average molecular weight is 227 g/mol. The van der Waals surface area contributed by atoms with Gasteiger partial charge in [-0.1, -0.05) is 6.92 Å². The molecule has 0 unspecified atom stereocenters. The summed E-state index contributed by atoms with van der Waals surface area (Å²) in [6.07, 6.45) is 0. The van der Waals surface area contributed by atoms with Crippen molar-refractivity contribution < 1.29 is 4.79 Å². The van der Waals surface area contributed by atoms with Crippen LogP contribution in [0.25, 0.3) is 0 Å². The third-order valence-electron chi connectivity index (χ3n) is 3.50. The number of hydrogen-bond donors (Lipinski definition) is 2. The summed E-state index contributed by atoms with van der Waals surface area (Å²) in [5.74, 6) is 0.821. The van der Waals surface area contributed by atoms with Crippen molar-refractivity contribution in [2.75, 3.05) is 33.2 Å². The van der Waals surface area contributed by atoms with Gasteiger partial charge in [-0.25, -0.2) is 0 Å². The van der Waals surface area contributed by atoms with Crippen LogP contribution in [0.4, 0.5) is 0 Å². The SMILES string of the molecule is CC(C)N(C)CCNC(=O)[C@@H]1CNC[C@H]1C. The lowest BCUT2D eigenvalue weighted by Crippen LogP contribution is -2.40. The molecular weight excluding hydrogens is 202 g/mol. The first-order valence-corrected chi connectivity index (χ1v) is 6.21. The number of carbonyl (C=O) groups is 1. The maximum atomic E-state index is 11.8. The smallest absolute Gasteiger partial charge is 0.224 e. The highest BCUT2D eigenvalue weighted by atomic mass is 16.1. The molecule has 16 heavy (non-hydrogen) atoms. The summed E-state index contributed by atoms with van der Waals surface area (Å²) in [6.45, 7) is 9.89. The predicted octanol–water partition coefficient (Wildman–Crippen LogP) is 0.298. The van der Waals surface area contributed by atoms with Gasteiger partial charge in [0.1, 0.15) is 0 Å². The van der Waals surface area contributed by atoms with Crippen molar-refractivity contribution >= 4 is 5.91 Å². The third-order valence-corrected chi connectivity index (χ3v) is 3.50. The summed E-state index contributed by atoms with van der Waals surface area (Å²) in [6, 6.07) is 0.531. The Hall–Kier alpha value is -0.610. The first-order valence-electron chi connectivity index (χ1n) is 6.21. The van der Waals surface area contributed by atoms with Crippen LogP contribution in [0.5, 0.6) is 0 Å². The zero-order valence-corrected chi connectivity index (χ0v) is 10.9. The van der Waals surface area contributed by atoms with Gasteiger partial charge >= 0.3 is 0 Å². The van der Waals surface area contributed by atoms with Crippen LogP contribution in [-0.2, 0) is 4.79 Å².